The van der Waals surface area contributed by atoms with E-state index in [0.717, 1.165) is 56.2 Å². The summed E-state index contributed by atoms with van der Waals surface area (Å²) in [5.74, 6) is -1.60. The Kier molecular flexibility index (Phi) is 10.9. The number of carbonyl (C=O) groups is 3. The van der Waals surface area contributed by atoms with Crippen molar-refractivity contribution in [3.05, 3.63) is 112 Å². The highest BCUT2D eigenvalue weighted by Crippen LogP contribution is 2.22. The summed E-state index contributed by atoms with van der Waals surface area (Å²) in [7, 11) is 0. The molecule has 0 radical (unpaired) electrons. The van der Waals surface area contributed by atoms with E-state index in [2.05, 4.69) is 30.4 Å². The largest absolute Gasteiger partial charge is 0.478 e. The van der Waals surface area contributed by atoms with Gasteiger partial charge >= 0.3 is 11.9 Å². The van der Waals surface area contributed by atoms with Crippen LogP contribution in [0, 0.1) is 5.92 Å². The van der Waals surface area contributed by atoms with Gasteiger partial charge in [-0.1, -0.05) is 60.7 Å². The highest BCUT2D eigenvalue weighted by atomic mass is 16.5. The maximum Gasteiger partial charge on any atom is 0.335 e. The van der Waals surface area contributed by atoms with E-state index >= 15 is 0 Å². The predicted octanol–water partition coefficient (Wildman–Crippen LogP) is 5.77. The molecule has 1 unspecified atom stereocenters. The van der Waals surface area contributed by atoms with Crippen LogP contribution >= 0.6 is 0 Å². The van der Waals surface area contributed by atoms with Crippen molar-refractivity contribution in [2.24, 2.45) is 5.92 Å². The van der Waals surface area contributed by atoms with Crippen molar-refractivity contribution >= 4 is 23.9 Å². The van der Waals surface area contributed by atoms with Crippen LogP contribution in [-0.4, -0.2) is 59.3 Å². The number of ether oxygens (including phenoxy) is 1. The minimum Gasteiger partial charge on any atom is -0.478 e. The summed E-state index contributed by atoms with van der Waals surface area (Å²) < 4.78 is 5.21. The second-order valence-electron chi connectivity index (χ2n) is 10.5. The van der Waals surface area contributed by atoms with Gasteiger partial charge in [-0.05, 0) is 91.0 Å². The van der Waals surface area contributed by atoms with Crippen LogP contribution in [0.25, 0.3) is 6.08 Å². The van der Waals surface area contributed by atoms with E-state index in [1.54, 1.807) is 24.3 Å². The number of rotatable bonds is 14. The number of allylic oxidation sites excluding steroid dienone is 1. The van der Waals surface area contributed by atoms with Gasteiger partial charge in [-0.3, -0.25) is 4.79 Å². The summed E-state index contributed by atoms with van der Waals surface area (Å²) in [6, 6.07) is 22.4. The van der Waals surface area contributed by atoms with Crippen LogP contribution < -0.4 is 0 Å². The number of morpholine rings is 1. The first-order valence-corrected chi connectivity index (χ1v) is 14.1. The van der Waals surface area contributed by atoms with Crippen LogP contribution in [0.4, 0.5) is 0 Å². The Morgan fingerprint density at radius 3 is 2.17 bits per heavy atom. The summed E-state index contributed by atoms with van der Waals surface area (Å²) in [6.45, 7) is 2.22. The first-order valence-electron chi connectivity index (χ1n) is 14.1. The first kappa shape index (κ1) is 29.7. The van der Waals surface area contributed by atoms with E-state index in [9.17, 15) is 24.6 Å². The van der Waals surface area contributed by atoms with E-state index in [-0.39, 0.29) is 29.6 Å². The van der Waals surface area contributed by atoms with E-state index in [4.69, 9.17) is 4.74 Å². The van der Waals surface area contributed by atoms with E-state index in [1.165, 1.54) is 11.1 Å². The lowest BCUT2D eigenvalue weighted by molar-refractivity contribution is -0.142. The molecule has 41 heavy (non-hydrogen) atoms. The zero-order valence-electron chi connectivity index (χ0n) is 23.2. The number of carboxylic acid groups (broad SMARTS) is 2. The molecule has 1 fully saturated rings. The predicted molar refractivity (Wildman–Crippen MR) is 158 cm³/mol. The van der Waals surface area contributed by atoms with Crippen molar-refractivity contribution in [1.29, 1.82) is 0 Å². The lowest BCUT2D eigenvalue weighted by Gasteiger charge is -2.26. The van der Waals surface area contributed by atoms with Gasteiger partial charge in [0, 0.05) is 13.1 Å². The number of nitrogens with zero attached hydrogens (tertiary/aromatic N) is 1. The maximum absolute atomic E-state index is 12.0. The Hall–Kier alpha value is -4.23. The molecule has 1 aliphatic heterocycles. The molecule has 4 rings (SSSR count). The van der Waals surface area contributed by atoms with Gasteiger partial charge in [-0.25, -0.2) is 9.59 Å². The van der Waals surface area contributed by atoms with Gasteiger partial charge in [0.1, 0.15) is 6.61 Å². The summed E-state index contributed by atoms with van der Waals surface area (Å²) in [4.78, 5) is 36.3. The van der Waals surface area contributed by atoms with Crippen LogP contribution in [0.15, 0.2) is 78.9 Å². The van der Waals surface area contributed by atoms with Gasteiger partial charge in [-0.15, -0.1) is 0 Å². The summed E-state index contributed by atoms with van der Waals surface area (Å²) in [6.07, 6.45) is 9.70. The second-order valence-corrected chi connectivity index (χ2v) is 10.5. The number of amides is 1. The number of aryl methyl sites for hydroxylation is 2. The lowest BCUT2D eigenvalue weighted by Crippen LogP contribution is -2.42. The van der Waals surface area contributed by atoms with Gasteiger partial charge in [0.15, 0.2) is 0 Å². The molecule has 3 aromatic rings. The Morgan fingerprint density at radius 2 is 1.51 bits per heavy atom. The number of carbonyl (C=O) groups excluding carboxylic acids is 1. The Balaban J connectivity index is 1.42. The maximum atomic E-state index is 12.0. The average molecular weight is 556 g/mol. The van der Waals surface area contributed by atoms with Crippen molar-refractivity contribution in [3.63, 3.8) is 0 Å². The number of unbranched alkanes of at least 4 members (excludes halogenated alkanes) is 1. The van der Waals surface area contributed by atoms with Crippen molar-refractivity contribution in [2.45, 2.75) is 38.5 Å². The SMILES string of the molecule is O=C(O)c1ccc(CCC(/C=C/c2ccccc2CCCCN2CCOCC2=O)Cc2ccc(C(=O)O)cc2)cc1. The van der Waals surface area contributed by atoms with Crippen molar-refractivity contribution in [1.82, 2.24) is 4.90 Å². The Bertz CT molecular complexity index is 1350. The molecule has 7 heteroatoms. The van der Waals surface area contributed by atoms with Gasteiger partial charge in [0.05, 0.1) is 17.7 Å². The molecule has 0 saturated carbocycles. The van der Waals surface area contributed by atoms with Crippen LogP contribution in [0.1, 0.15) is 62.2 Å². The summed E-state index contributed by atoms with van der Waals surface area (Å²) in [5, 5.41) is 18.4. The van der Waals surface area contributed by atoms with Gasteiger partial charge in [0.25, 0.3) is 0 Å². The van der Waals surface area contributed by atoms with Gasteiger partial charge in [0.2, 0.25) is 5.91 Å². The third-order valence-electron chi connectivity index (χ3n) is 7.51. The zero-order valence-corrected chi connectivity index (χ0v) is 23.2. The molecule has 0 spiro atoms. The van der Waals surface area contributed by atoms with Crippen molar-refractivity contribution < 1.29 is 29.3 Å². The third kappa shape index (κ3) is 9.15. The molecule has 3 aromatic carbocycles. The Morgan fingerprint density at radius 1 is 0.854 bits per heavy atom. The quantitative estimate of drug-likeness (QED) is 0.245. The van der Waals surface area contributed by atoms with E-state index < -0.39 is 11.9 Å². The second kappa shape index (κ2) is 15.0. The molecule has 0 aliphatic carbocycles. The molecule has 0 bridgehead atoms. The number of carboxylic acids is 2. The van der Waals surface area contributed by atoms with E-state index in [0.29, 0.717) is 13.2 Å². The van der Waals surface area contributed by atoms with Crippen molar-refractivity contribution in [3.8, 4) is 0 Å². The van der Waals surface area contributed by atoms with Crippen LogP contribution in [0.3, 0.4) is 0 Å². The highest BCUT2D eigenvalue weighted by molar-refractivity contribution is 5.88. The molecule has 1 amide bonds. The summed E-state index contributed by atoms with van der Waals surface area (Å²) >= 11 is 0. The molecular weight excluding hydrogens is 518 g/mol. The van der Waals surface area contributed by atoms with Crippen LogP contribution in [0.5, 0.6) is 0 Å². The van der Waals surface area contributed by atoms with Crippen molar-refractivity contribution in [2.75, 3.05) is 26.3 Å². The molecular formula is C34H37NO6. The minimum absolute atomic E-state index is 0.0704. The fraction of sp³-hybridized carbons (Fsp3) is 0.324. The van der Waals surface area contributed by atoms with Crippen LogP contribution in [-0.2, 0) is 28.8 Å². The normalized spacial score (nSPS) is 14.3. The first-order chi connectivity index (χ1) is 19.9. The zero-order chi connectivity index (χ0) is 29.0. The molecule has 0 aromatic heterocycles. The fourth-order valence-corrected chi connectivity index (χ4v) is 5.09. The molecule has 1 heterocycles. The van der Waals surface area contributed by atoms with Crippen LogP contribution in [0.2, 0.25) is 0 Å². The average Bonchev–Trinajstić information content (AvgIpc) is 2.98. The molecule has 1 saturated heterocycles. The smallest absolute Gasteiger partial charge is 0.335 e. The highest BCUT2D eigenvalue weighted by Gasteiger charge is 2.17. The minimum atomic E-state index is -0.939. The van der Waals surface area contributed by atoms with Gasteiger partial charge < -0.3 is 19.8 Å². The topological polar surface area (TPSA) is 104 Å². The Labute approximate surface area is 241 Å². The standard InChI is InChI=1S/C34H37NO6/c36-32-24-41-22-21-35(32)20-4-3-7-28-5-1-2-6-29(28)15-12-26(23-27-13-18-31(19-14-27)34(39)40)9-8-25-10-16-30(17-11-25)33(37)38/h1-2,5-6,10-19,26H,3-4,7-9,20-24H2,(H,37,38)(H,39,40)/b15-12+. The fourth-order valence-electron chi connectivity index (χ4n) is 5.09. The number of hydrogen-bond acceptors (Lipinski definition) is 4. The number of hydrogen-bond donors (Lipinski definition) is 2. The summed E-state index contributed by atoms with van der Waals surface area (Å²) in [5.41, 5.74) is 5.13. The molecule has 214 valence electrons. The molecule has 7 nitrogen and oxygen atoms in total. The third-order valence-corrected chi connectivity index (χ3v) is 7.51. The molecule has 2 N–H and O–H groups in total. The monoisotopic (exact) mass is 555 g/mol. The van der Waals surface area contributed by atoms with E-state index in [1.807, 2.05) is 35.2 Å². The number of aromatic carboxylic acids is 2. The molecule has 1 aliphatic rings. The number of benzene rings is 3. The molecule has 1 atom stereocenters. The lowest BCUT2D eigenvalue weighted by atomic mass is 9.91. The van der Waals surface area contributed by atoms with Gasteiger partial charge in [-0.2, -0.15) is 0 Å².